The standard InChI is InChI=1S/C18H26N4O3.HI/c1-3-19-18(22-10-8-21(9-11-22)14(2)23)20-7-6-15-4-5-16-17(12-15)25-13-24-16;/h4-5,12H,3,6-11,13H2,1-2H3,(H,19,20);1H. The van der Waals surface area contributed by atoms with Crippen LogP contribution in [0.4, 0.5) is 0 Å². The average molecular weight is 474 g/mol. The number of piperazine rings is 1. The molecule has 2 aliphatic heterocycles. The number of guanidine groups is 1. The lowest BCUT2D eigenvalue weighted by Gasteiger charge is -2.36. The Morgan fingerprint density at radius 2 is 1.85 bits per heavy atom. The maximum atomic E-state index is 11.5. The summed E-state index contributed by atoms with van der Waals surface area (Å²) in [5.41, 5.74) is 1.19. The van der Waals surface area contributed by atoms with Crippen LogP contribution in [0.15, 0.2) is 23.2 Å². The minimum atomic E-state index is 0. The molecule has 7 nitrogen and oxygen atoms in total. The van der Waals surface area contributed by atoms with Gasteiger partial charge in [-0.1, -0.05) is 6.07 Å². The average Bonchev–Trinajstić information content (AvgIpc) is 3.09. The van der Waals surface area contributed by atoms with Gasteiger partial charge in [0.2, 0.25) is 12.7 Å². The zero-order valence-corrected chi connectivity index (χ0v) is 17.7. The van der Waals surface area contributed by atoms with Gasteiger partial charge in [-0.05, 0) is 31.0 Å². The summed E-state index contributed by atoms with van der Waals surface area (Å²) in [6.07, 6.45) is 0.846. The van der Waals surface area contributed by atoms with Crippen molar-refractivity contribution in [3.63, 3.8) is 0 Å². The molecule has 1 aromatic carbocycles. The first-order valence-electron chi connectivity index (χ1n) is 8.84. The molecule has 0 bridgehead atoms. The number of hydrogen-bond acceptors (Lipinski definition) is 4. The van der Waals surface area contributed by atoms with E-state index in [2.05, 4.69) is 23.2 Å². The molecule has 0 spiro atoms. The second kappa shape index (κ2) is 9.84. The van der Waals surface area contributed by atoms with Crippen molar-refractivity contribution in [3.8, 4) is 11.5 Å². The molecule has 0 aliphatic carbocycles. The number of carbonyl (C=O) groups is 1. The zero-order valence-electron chi connectivity index (χ0n) is 15.4. The number of hydrogen-bond donors (Lipinski definition) is 1. The number of benzene rings is 1. The van der Waals surface area contributed by atoms with E-state index in [1.165, 1.54) is 5.56 Å². The lowest BCUT2D eigenvalue weighted by molar-refractivity contribution is -0.130. The fourth-order valence-electron chi connectivity index (χ4n) is 3.05. The van der Waals surface area contributed by atoms with Crippen LogP contribution >= 0.6 is 24.0 Å². The molecule has 1 fully saturated rings. The summed E-state index contributed by atoms with van der Waals surface area (Å²) in [6, 6.07) is 6.03. The van der Waals surface area contributed by atoms with Gasteiger partial charge in [0.05, 0.1) is 0 Å². The fourth-order valence-corrected chi connectivity index (χ4v) is 3.05. The van der Waals surface area contributed by atoms with Crippen molar-refractivity contribution in [2.75, 3.05) is 46.1 Å². The Balaban J connectivity index is 0.00000243. The molecule has 1 amide bonds. The van der Waals surface area contributed by atoms with Crippen LogP contribution in [-0.2, 0) is 11.2 Å². The molecule has 0 unspecified atom stereocenters. The third-order valence-electron chi connectivity index (χ3n) is 4.46. The van der Waals surface area contributed by atoms with Gasteiger partial charge in [0.1, 0.15) is 0 Å². The highest BCUT2D eigenvalue weighted by atomic mass is 127. The molecule has 1 saturated heterocycles. The largest absolute Gasteiger partial charge is 0.454 e. The van der Waals surface area contributed by atoms with Gasteiger partial charge in [-0.25, -0.2) is 0 Å². The van der Waals surface area contributed by atoms with Gasteiger partial charge in [-0.15, -0.1) is 24.0 Å². The molecule has 26 heavy (non-hydrogen) atoms. The van der Waals surface area contributed by atoms with E-state index in [1.54, 1.807) is 6.92 Å². The molecule has 2 heterocycles. The van der Waals surface area contributed by atoms with Crippen molar-refractivity contribution in [2.24, 2.45) is 4.99 Å². The molecule has 8 heteroatoms. The smallest absolute Gasteiger partial charge is 0.231 e. The van der Waals surface area contributed by atoms with Gasteiger partial charge >= 0.3 is 0 Å². The fraction of sp³-hybridized carbons (Fsp3) is 0.556. The molecule has 3 rings (SSSR count). The Morgan fingerprint density at radius 1 is 1.15 bits per heavy atom. The highest BCUT2D eigenvalue weighted by molar-refractivity contribution is 14.0. The molecule has 1 aromatic rings. The van der Waals surface area contributed by atoms with Crippen LogP contribution in [0, 0.1) is 0 Å². The van der Waals surface area contributed by atoms with Crippen LogP contribution in [0.2, 0.25) is 0 Å². The first-order valence-corrected chi connectivity index (χ1v) is 8.84. The van der Waals surface area contributed by atoms with Gasteiger partial charge in [0, 0.05) is 46.2 Å². The van der Waals surface area contributed by atoms with Crippen LogP contribution < -0.4 is 14.8 Å². The second-order valence-electron chi connectivity index (χ2n) is 6.17. The molecule has 0 aromatic heterocycles. The summed E-state index contributed by atoms with van der Waals surface area (Å²) in [5.74, 6) is 2.69. The van der Waals surface area contributed by atoms with Crippen LogP contribution in [0.3, 0.4) is 0 Å². The van der Waals surface area contributed by atoms with E-state index in [9.17, 15) is 4.79 Å². The number of ether oxygens (including phenoxy) is 2. The van der Waals surface area contributed by atoms with Crippen molar-refractivity contribution >= 4 is 35.8 Å². The molecular weight excluding hydrogens is 447 g/mol. The lowest BCUT2D eigenvalue weighted by Crippen LogP contribution is -2.53. The molecule has 1 N–H and O–H groups in total. The lowest BCUT2D eigenvalue weighted by atomic mass is 10.1. The van der Waals surface area contributed by atoms with Crippen LogP contribution in [0.25, 0.3) is 0 Å². The Morgan fingerprint density at radius 3 is 2.54 bits per heavy atom. The first kappa shape index (κ1) is 20.6. The van der Waals surface area contributed by atoms with Crippen LogP contribution in [0.5, 0.6) is 11.5 Å². The number of halogens is 1. The summed E-state index contributed by atoms with van der Waals surface area (Å²) >= 11 is 0. The Bertz CT molecular complexity index is 645. The number of fused-ring (bicyclic) bond motifs is 1. The van der Waals surface area contributed by atoms with E-state index in [0.717, 1.165) is 56.6 Å². The van der Waals surface area contributed by atoms with E-state index in [0.29, 0.717) is 13.3 Å². The molecular formula is C18H27IN4O3. The van der Waals surface area contributed by atoms with Crippen molar-refractivity contribution in [3.05, 3.63) is 23.8 Å². The SMILES string of the molecule is CCNC(=NCCc1ccc2c(c1)OCO2)N1CCN(C(C)=O)CC1.I. The number of rotatable bonds is 4. The van der Waals surface area contributed by atoms with Crippen molar-refractivity contribution in [2.45, 2.75) is 20.3 Å². The molecule has 0 radical (unpaired) electrons. The minimum absolute atomic E-state index is 0. The number of amides is 1. The van der Waals surface area contributed by atoms with Gasteiger partial charge < -0.3 is 24.6 Å². The quantitative estimate of drug-likeness (QED) is 0.409. The molecule has 144 valence electrons. The molecule has 2 aliphatic rings. The van der Waals surface area contributed by atoms with Gasteiger partial charge in [-0.2, -0.15) is 0 Å². The minimum Gasteiger partial charge on any atom is -0.454 e. The maximum absolute atomic E-state index is 11.5. The maximum Gasteiger partial charge on any atom is 0.231 e. The molecule has 0 saturated carbocycles. The summed E-state index contributed by atoms with van der Waals surface area (Å²) in [7, 11) is 0. The molecule has 0 atom stereocenters. The van der Waals surface area contributed by atoms with Crippen molar-refractivity contribution < 1.29 is 14.3 Å². The highest BCUT2D eigenvalue weighted by Gasteiger charge is 2.20. The third-order valence-corrected chi connectivity index (χ3v) is 4.46. The van der Waals surface area contributed by atoms with Gasteiger partial charge in [-0.3, -0.25) is 9.79 Å². The second-order valence-corrected chi connectivity index (χ2v) is 6.17. The van der Waals surface area contributed by atoms with E-state index in [-0.39, 0.29) is 29.9 Å². The van der Waals surface area contributed by atoms with E-state index in [1.807, 2.05) is 17.0 Å². The third kappa shape index (κ3) is 5.15. The Hall–Kier alpha value is -1.71. The Labute approximate surface area is 171 Å². The topological polar surface area (TPSA) is 66.4 Å². The van der Waals surface area contributed by atoms with E-state index >= 15 is 0 Å². The predicted molar refractivity (Wildman–Crippen MR) is 111 cm³/mol. The highest BCUT2D eigenvalue weighted by Crippen LogP contribution is 2.32. The number of carbonyl (C=O) groups excluding carboxylic acids is 1. The summed E-state index contributed by atoms with van der Waals surface area (Å²) in [5, 5.41) is 3.35. The van der Waals surface area contributed by atoms with Gasteiger partial charge in [0.25, 0.3) is 0 Å². The number of nitrogens with one attached hydrogen (secondary N) is 1. The van der Waals surface area contributed by atoms with Crippen molar-refractivity contribution in [1.29, 1.82) is 0 Å². The van der Waals surface area contributed by atoms with Crippen LogP contribution in [0.1, 0.15) is 19.4 Å². The van der Waals surface area contributed by atoms with E-state index in [4.69, 9.17) is 14.5 Å². The normalized spacial score (nSPS) is 16.3. The van der Waals surface area contributed by atoms with Crippen LogP contribution in [-0.4, -0.2) is 67.7 Å². The van der Waals surface area contributed by atoms with E-state index < -0.39 is 0 Å². The first-order chi connectivity index (χ1) is 12.2. The number of aliphatic imine (C=N–C) groups is 1. The monoisotopic (exact) mass is 474 g/mol. The summed E-state index contributed by atoms with van der Waals surface area (Å²) < 4.78 is 10.8. The summed E-state index contributed by atoms with van der Waals surface area (Å²) in [6.45, 7) is 8.66. The zero-order chi connectivity index (χ0) is 17.6. The number of nitrogens with zero attached hydrogens (tertiary/aromatic N) is 3. The van der Waals surface area contributed by atoms with Gasteiger partial charge in [0.15, 0.2) is 17.5 Å². The summed E-state index contributed by atoms with van der Waals surface area (Å²) in [4.78, 5) is 20.3. The Kier molecular flexibility index (Phi) is 7.80. The predicted octanol–water partition coefficient (Wildman–Crippen LogP) is 1.71. The van der Waals surface area contributed by atoms with Crippen molar-refractivity contribution in [1.82, 2.24) is 15.1 Å².